The summed E-state index contributed by atoms with van der Waals surface area (Å²) in [6.45, 7) is 7.15. The molecular weight excluding hydrogens is 256 g/mol. The van der Waals surface area contributed by atoms with E-state index in [-0.39, 0.29) is 22.6 Å². The van der Waals surface area contributed by atoms with Crippen LogP contribution >= 0.6 is 0 Å². The number of benzene rings is 1. The fraction of sp³-hybridized carbons (Fsp3) is 0.600. The smallest absolute Gasteiger partial charge is 0.273 e. The van der Waals surface area contributed by atoms with Gasteiger partial charge in [-0.3, -0.25) is 10.1 Å². The number of nitrogens with one attached hydrogen (secondary N) is 1. The number of hydrogen-bond donors (Lipinski definition) is 1. The van der Waals surface area contributed by atoms with Crippen LogP contribution in [-0.4, -0.2) is 24.6 Å². The Morgan fingerprint density at radius 1 is 1.40 bits per heavy atom. The van der Waals surface area contributed by atoms with Gasteiger partial charge in [0, 0.05) is 23.6 Å². The molecule has 2 atom stereocenters. The SMILES string of the molecule is CCCNC(CC)C(C)c1cc(OC)ccc1[N+](=O)[O-]. The van der Waals surface area contributed by atoms with Crippen LogP contribution < -0.4 is 10.1 Å². The average Bonchev–Trinajstić information content (AvgIpc) is 2.46. The lowest BCUT2D eigenvalue weighted by Crippen LogP contribution is -2.34. The van der Waals surface area contributed by atoms with E-state index in [1.54, 1.807) is 19.2 Å². The number of nitro benzene ring substituents is 1. The van der Waals surface area contributed by atoms with E-state index < -0.39 is 0 Å². The molecule has 0 aliphatic heterocycles. The second kappa shape index (κ2) is 7.85. The zero-order chi connectivity index (χ0) is 15.1. The maximum atomic E-state index is 11.2. The molecule has 0 bridgehead atoms. The zero-order valence-electron chi connectivity index (χ0n) is 12.7. The number of nitro groups is 1. The van der Waals surface area contributed by atoms with E-state index in [2.05, 4.69) is 19.2 Å². The third-order valence-corrected chi connectivity index (χ3v) is 3.62. The highest BCUT2D eigenvalue weighted by molar-refractivity contribution is 5.47. The molecule has 2 unspecified atom stereocenters. The van der Waals surface area contributed by atoms with Crippen LogP contribution in [-0.2, 0) is 0 Å². The highest BCUT2D eigenvalue weighted by Gasteiger charge is 2.25. The van der Waals surface area contributed by atoms with Crippen molar-refractivity contribution in [2.75, 3.05) is 13.7 Å². The first kappa shape index (κ1) is 16.4. The molecule has 1 N–H and O–H groups in total. The maximum Gasteiger partial charge on any atom is 0.273 e. The summed E-state index contributed by atoms with van der Waals surface area (Å²) >= 11 is 0. The van der Waals surface area contributed by atoms with Crippen molar-refractivity contribution in [2.24, 2.45) is 0 Å². The highest BCUT2D eigenvalue weighted by atomic mass is 16.6. The summed E-state index contributed by atoms with van der Waals surface area (Å²) in [7, 11) is 1.57. The molecular formula is C15H24N2O3. The molecule has 0 spiro atoms. The van der Waals surface area contributed by atoms with Crippen LogP contribution in [0.2, 0.25) is 0 Å². The molecule has 0 fully saturated rings. The first-order valence-electron chi connectivity index (χ1n) is 7.10. The Morgan fingerprint density at radius 2 is 2.10 bits per heavy atom. The second-order valence-electron chi connectivity index (χ2n) is 4.94. The van der Waals surface area contributed by atoms with Gasteiger partial charge in [0.25, 0.3) is 5.69 Å². The molecule has 112 valence electrons. The molecule has 0 aliphatic rings. The van der Waals surface area contributed by atoms with Crippen LogP contribution in [0.3, 0.4) is 0 Å². The number of methoxy groups -OCH3 is 1. The summed E-state index contributed by atoms with van der Waals surface area (Å²) in [6, 6.07) is 5.16. The van der Waals surface area contributed by atoms with Gasteiger partial charge in [0.1, 0.15) is 5.75 Å². The van der Waals surface area contributed by atoms with Crippen LogP contribution in [0.5, 0.6) is 5.75 Å². The average molecular weight is 280 g/mol. The molecule has 0 aliphatic carbocycles. The van der Waals surface area contributed by atoms with Crippen molar-refractivity contribution in [2.45, 2.75) is 45.6 Å². The minimum absolute atomic E-state index is 0.0575. The van der Waals surface area contributed by atoms with Gasteiger partial charge < -0.3 is 10.1 Å². The fourth-order valence-corrected chi connectivity index (χ4v) is 2.41. The van der Waals surface area contributed by atoms with Crippen molar-refractivity contribution in [3.05, 3.63) is 33.9 Å². The number of rotatable bonds is 8. The predicted molar refractivity (Wildman–Crippen MR) is 80.4 cm³/mol. The Hall–Kier alpha value is -1.62. The minimum atomic E-state index is -0.322. The molecule has 0 amide bonds. The van der Waals surface area contributed by atoms with Crippen LogP contribution in [0.1, 0.15) is 45.1 Å². The van der Waals surface area contributed by atoms with Crippen molar-refractivity contribution in [3.8, 4) is 5.75 Å². The van der Waals surface area contributed by atoms with Gasteiger partial charge in [-0.1, -0.05) is 20.8 Å². The molecule has 1 aromatic carbocycles. The van der Waals surface area contributed by atoms with Gasteiger partial charge in [0.2, 0.25) is 0 Å². The third-order valence-electron chi connectivity index (χ3n) is 3.62. The van der Waals surface area contributed by atoms with Gasteiger partial charge in [-0.05, 0) is 31.5 Å². The van der Waals surface area contributed by atoms with Gasteiger partial charge in [-0.2, -0.15) is 0 Å². The van der Waals surface area contributed by atoms with Crippen molar-refractivity contribution < 1.29 is 9.66 Å². The van der Waals surface area contributed by atoms with Crippen LogP contribution in [0.15, 0.2) is 18.2 Å². The normalized spacial score (nSPS) is 13.8. The van der Waals surface area contributed by atoms with Gasteiger partial charge in [0.15, 0.2) is 0 Å². The van der Waals surface area contributed by atoms with Gasteiger partial charge in [-0.25, -0.2) is 0 Å². The van der Waals surface area contributed by atoms with E-state index in [0.29, 0.717) is 5.75 Å². The Balaban J connectivity index is 3.10. The number of hydrogen-bond acceptors (Lipinski definition) is 4. The molecule has 5 nitrogen and oxygen atoms in total. The third kappa shape index (κ3) is 3.93. The van der Waals surface area contributed by atoms with E-state index in [4.69, 9.17) is 4.74 Å². The summed E-state index contributed by atoms with van der Waals surface area (Å²) in [4.78, 5) is 10.9. The van der Waals surface area contributed by atoms with Crippen molar-refractivity contribution in [1.29, 1.82) is 0 Å². The zero-order valence-corrected chi connectivity index (χ0v) is 12.7. The van der Waals surface area contributed by atoms with E-state index in [0.717, 1.165) is 24.9 Å². The molecule has 0 heterocycles. The Bertz CT molecular complexity index is 449. The lowest BCUT2D eigenvalue weighted by molar-refractivity contribution is -0.385. The van der Waals surface area contributed by atoms with Crippen molar-refractivity contribution in [3.63, 3.8) is 0 Å². The topological polar surface area (TPSA) is 64.4 Å². The molecule has 1 aromatic rings. The fourth-order valence-electron chi connectivity index (χ4n) is 2.41. The first-order chi connectivity index (χ1) is 9.54. The van der Waals surface area contributed by atoms with E-state index >= 15 is 0 Å². The lowest BCUT2D eigenvalue weighted by Gasteiger charge is -2.24. The van der Waals surface area contributed by atoms with E-state index in [1.807, 2.05) is 6.92 Å². The molecule has 0 saturated carbocycles. The minimum Gasteiger partial charge on any atom is -0.497 e. The Kier molecular flexibility index (Phi) is 6.45. The van der Waals surface area contributed by atoms with Crippen LogP contribution in [0.25, 0.3) is 0 Å². The Morgan fingerprint density at radius 3 is 2.60 bits per heavy atom. The van der Waals surface area contributed by atoms with Crippen molar-refractivity contribution in [1.82, 2.24) is 5.32 Å². The number of ether oxygens (including phenoxy) is 1. The summed E-state index contributed by atoms with van der Waals surface area (Å²) in [5.74, 6) is 0.713. The maximum absolute atomic E-state index is 11.2. The monoisotopic (exact) mass is 280 g/mol. The van der Waals surface area contributed by atoms with Gasteiger partial charge in [0.05, 0.1) is 12.0 Å². The van der Waals surface area contributed by atoms with Crippen molar-refractivity contribution >= 4 is 5.69 Å². The van der Waals surface area contributed by atoms with E-state index in [9.17, 15) is 10.1 Å². The molecule has 0 radical (unpaired) electrons. The summed E-state index contributed by atoms with van der Waals surface area (Å²) < 4.78 is 5.19. The lowest BCUT2D eigenvalue weighted by atomic mass is 9.90. The van der Waals surface area contributed by atoms with Crippen LogP contribution in [0.4, 0.5) is 5.69 Å². The molecule has 0 saturated heterocycles. The molecule has 1 rings (SSSR count). The standard InChI is InChI=1S/C15H24N2O3/c1-5-9-16-14(6-2)11(3)13-10-12(20-4)7-8-15(13)17(18)19/h7-8,10-11,14,16H,5-6,9H2,1-4H3. The molecule has 5 heteroatoms. The molecule has 0 aromatic heterocycles. The van der Waals surface area contributed by atoms with Gasteiger partial charge in [-0.15, -0.1) is 0 Å². The van der Waals surface area contributed by atoms with Crippen LogP contribution in [0, 0.1) is 10.1 Å². The van der Waals surface area contributed by atoms with Gasteiger partial charge >= 0.3 is 0 Å². The predicted octanol–water partition coefficient (Wildman–Crippen LogP) is 3.49. The summed E-state index contributed by atoms with van der Waals surface area (Å²) in [6.07, 6.45) is 1.97. The number of nitrogens with zero attached hydrogens (tertiary/aromatic N) is 1. The highest BCUT2D eigenvalue weighted by Crippen LogP contribution is 2.32. The quantitative estimate of drug-likeness (QED) is 0.585. The second-order valence-corrected chi connectivity index (χ2v) is 4.94. The largest absolute Gasteiger partial charge is 0.497 e. The molecule has 20 heavy (non-hydrogen) atoms. The first-order valence-corrected chi connectivity index (χ1v) is 7.10. The summed E-state index contributed by atoms with van der Waals surface area (Å²) in [5, 5.41) is 14.7. The summed E-state index contributed by atoms with van der Waals surface area (Å²) in [5.41, 5.74) is 0.889. The Labute approximate surface area is 120 Å². The van der Waals surface area contributed by atoms with E-state index in [1.165, 1.54) is 6.07 Å².